The van der Waals surface area contributed by atoms with Crippen LogP contribution in [-0.4, -0.2) is 41.6 Å². The van der Waals surface area contributed by atoms with E-state index in [0.29, 0.717) is 12.2 Å². The van der Waals surface area contributed by atoms with Crippen molar-refractivity contribution in [3.63, 3.8) is 0 Å². The molecular formula is C23H28N2O5. The molecule has 0 spiro atoms. The number of ether oxygens (including phenoxy) is 2. The first kappa shape index (κ1) is 22.9. The van der Waals surface area contributed by atoms with E-state index < -0.39 is 23.8 Å². The summed E-state index contributed by atoms with van der Waals surface area (Å²) in [6.45, 7) is 7.27. The van der Waals surface area contributed by atoms with E-state index in [2.05, 4.69) is 5.32 Å². The third kappa shape index (κ3) is 7.24. The molecule has 0 aliphatic rings. The number of esters is 1. The fraction of sp³-hybridized carbons (Fsp3) is 0.348. The van der Waals surface area contributed by atoms with Crippen LogP contribution in [0.5, 0.6) is 0 Å². The van der Waals surface area contributed by atoms with Gasteiger partial charge >= 0.3 is 12.1 Å². The van der Waals surface area contributed by atoms with Crippen LogP contribution in [-0.2, 0) is 20.8 Å². The normalized spacial score (nSPS) is 11.9. The van der Waals surface area contributed by atoms with Gasteiger partial charge < -0.3 is 14.4 Å². The molecule has 0 saturated carbocycles. The van der Waals surface area contributed by atoms with Crippen LogP contribution in [0.15, 0.2) is 54.6 Å². The van der Waals surface area contributed by atoms with Crippen LogP contribution >= 0.6 is 0 Å². The van der Waals surface area contributed by atoms with Crippen molar-refractivity contribution in [1.82, 2.24) is 4.90 Å². The molecule has 1 N–H and O–H groups in total. The number of carbonyl (C=O) groups excluding carboxylic acids is 3. The average Bonchev–Trinajstić information content (AvgIpc) is 2.67. The third-order valence-electron chi connectivity index (χ3n) is 4.04. The van der Waals surface area contributed by atoms with Gasteiger partial charge in [0.15, 0.2) is 6.10 Å². The molecule has 0 saturated heterocycles. The molecule has 0 aliphatic heterocycles. The number of amides is 2. The molecule has 0 radical (unpaired) electrons. The van der Waals surface area contributed by atoms with E-state index in [4.69, 9.17) is 9.47 Å². The molecule has 0 fully saturated rings. The molecule has 1 atom stereocenters. The Balaban J connectivity index is 1.90. The summed E-state index contributed by atoms with van der Waals surface area (Å²) < 4.78 is 10.5. The van der Waals surface area contributed by atoms with Crippen molar-refractivity contribution in [2.45, 2.75) is 45.9 Å². The molecule has 2 amide bonds. The minimum Gasteiger partial charge on any atom is -0.449 e. The molecule has 0 aliphatic carbocycles. The third-order valence-corrected chi connectivity index (χ3v) is 4.04. The Hall–Kier alpha value is -3.35. The van der Waals surface area contributed by atoms with Crippen LogP contribution in [0.2, 0.25) is 0 Å². The van der Waals surface area contributed by atoms with Crippen LogP contribution in [0.25, 0.3) is 0 Å². The largest absolute Gasteiger partial charge is 0.449 e. The van der Waals surface area contributed by atoms with Gasteiger partial charge in [-0.2, -0.15) is 0 Å². The van der Waals surface area contributed by atoms with Crippen molar-refractivity contribution in [2.75, 3.05) is 12.4 Å². The van der Waals surface area contributed by atoms with Gasteiger partial charge in [0.25, 0.3) is 5.91 Å². The van der Waals surface area contributed by atoms with Gasteiger partial charge in [-0.05, 0) is 57.5 Å². The number of nitrogens with one attached hydrogen (secondary N) is 1. The number of likely N-dealkylation sites (N-methyl/N-ethyl adjacent to an activating group) is 1. The second kappa shape index (κ2) is 9.91. The molecule has 160 valence electrons. The van der Waals surface area contributed by atoms with Crippen molar-refractivity contribution in [1.29, 1.82) is 0 Å². The SMILES string of the molecule is CC(OC(=O)c1ccc(NC(=O)OC(C)(C)C)cc1)C(=O)N(C)Cc1ccccc1. The van der Waals surface area contributed by atoms with E-state index in [9.17, 15) is 14.4 Å². The summed E-state index contributed by atoms with van der Waals surface area (Å²) in [5.74, 6) is -0.914. The number of anilines is 1. The molecule has 30 heavy (non-hydrogen) atoms. The Bertz CT molecular complexity index is 873. The number of hydrogen-bond donors (Lipinski definition) is 1. The predicted molar refractivity (Wildman–Crippen MR) is 114 cm³/mol. The standard InChI is InChI=1S/C23H28N2O5/c1-16(20(26)25(5)15-17-9-7-6-8-10-17)29-21(27)18-11-13-19(14-12-18)24-22(28)30-23(2,3)4/h6-14,16H,15H2,1-5H3,(H,24,28). The lowest BCUT2D eigenvalue weighted by molar-refractivity contribution is -0.139. The lowest BCUT2D eigenvalue weighted by atomic mass is 10.2. The summed E-state index contributed by atoms with van der Waals surface area (Å²) in [6.07, 6.45) is -1.51. The highest BCUT2D eigenvalue weighted by Gasteiger charge is 2.22. The highest BCUT2D eigenvalue weighted by molar-refractivity contribution is 5.93. The molecule has 0 bridgehead atoms. The number of carbonyl (C=O) groups is 3. The Kier molecular flexibility index (Phi) is 7.58. The molecular weight excluding hydrogens is 384 g/mol. The van der Waals surface area contributed by atoms with Crippen molar-refractivity contribution in [3.8, 4) is 0 Å². The fourth-order valence-corrected chi connectivity index (χ4v) is 2.64. The molecule has 2 aromatic rings. The molecule has 2 rings (SSSR count). The summed E-state index contributed by atoms with van der Waals surface area (Å²) in [5.41, 5.74) is 1.13. The van der Waals surface area contributed by atoms with Gasteiger partial charge in [0, 0.05) is 19.3 Å². The number of rotatable bonds is 6. The maximum Gasteiger partial charge on any atom is 0.412 e. The maximum absolute atomic E-state index is 12.5. The zero-order chi connectivity index (χ0) is 22.3. The first-order valence-electron chi connectivity index (χ1n) is 9.65. The van der Waals surface area contributed by atoms with E-state index in [1.54, 1.807) is 46.9 Å². The maximum atomic E-state index is 12.5. The molecule has 0 aromatic heterocycles. The van der Waals surface area contributed by atoms with Crippen LogP contribution in [0, 0.1) is 0 Å². The summed E-state index contributed by atoms with van der Waals surface area (Å²) in [7, 11) is 1.66. The van der Waals surface area contributed by atoms with Crippen LogP contribution in [0.1, 0.15) is 43.6 Å². The van der Waals surface area contributed by atoms with E-state index in [-0.39, 0.29) is 11.5 Å². The molecule has 0 heterocycles. The Labute approximate surface area is 177 Å². The van der Waals surface area contributed by atoms with Gasteiger partial charge in [-0.15, -0.1) is 0 Å². The van der Waals surface area contributed by atoms with Gasteiger partial charge in [-0.3, -0.25) is 10.1 Å². The lowest BCUT2D eigenvalue weighted by Gasteiger charge is -2.21. The summed E-state index contributed by atoms with van der Waals surface area (Å²) in [4.78, 5) is 38.2. The van der Waals surface area contributed by atoms with Crippen molar-refractivity contribution in [3.05, 3.63) is 65.7 Å². The quantitative estimate of drug-likeness (QED) is 0.718. The van der Waals surface area contributed by atoms with E-state index in [1.807, 2.05) is 30.3 Å². The zero-order valence-corrected chi connectivity index (χ0v) is 18.0. The van der Waals surface area contributed by atoms with Gasteiger partial charge in [-0.1, -0.05) is 30.3 Å². The highest BCUT2D eigenvalue weighted by Crippen LogP contribution is 2.14. The summed E-state index contributed by atoms with van der Waals surface area (Å²) in [5, 5.41) is 2.59. The molecule has 1 unspecified atom stereocenters. The zero-order valence-electron chi connectivity index (χ0n) is 18.0. The van der Waals surface area contributed by atoms with E-state index in [1.165, 1.54) is 17.0 Å². The molecule has 2 aromatic carbocycles. The highest BCUT2D eigenvalue weighted by atomic mass is 16.6. The summed E-state index contributed by atoms with van der Waals surface area (Å²) in [6, 6.07) is 15.7. The number of benzene rings is 2. The second-order valence-corrected chi connectivity index (χ2v) is 7.93. The van der Waals surface area contributed by atoms with Crippen LogP contribution in [0.4, 0.5) is 10.5 Å². The topological polar surface area (TPSA) is 84.9 Å². The van der Waals surface area contributed by atoms with E-state index in [0.717, 1.165) is 5.56 Å². The van der Waals surface area contributed by atoms with Gasteiger partial charge in [0.05, 0.1) is 5.56 Å². The van der Waals surface area contributed by atoms with Crippen molar-refractivity contribution < 1.29 is 23.9 Å². The average molecular weight is 412 g/mol. The molecule has 7 heteroatoms. The fourth-order valence-electron chi connectivity index (χ4n) is 2.64. The summed E-state index contributed by atoms with van der Waals surface area (Å²) >= 11 is 0. The molecule has 7 nitrogen and oxygen atoms in total. The number of nitrogens with zero attached hydrogens (tertiary/aromatic N) is 1. The first-order valence-corrected chi connectivity index (χ1v) is 9.65. The van der Waals surface area contributed by atoms with Crippen LogP contribution < -0.4 is 5.32 Å². The monoisotopic (exact) mass is 412 g/mol. The lowest BCUT2D eigenvalue weighted by Crippen LogP contribution is -2.37. The van der Waals surface area contributed by atoms with Gasteiger partial charge in [0.2, 0.25) is 0 Å². The predicted octanol–water partition coefficient (Wildman–Crippen LogP) is 4.24. The van der Waals surface area contributed by atoms with Gasteiger partial charge in [0.1, 0.15) is 5.60 Å². The second-order valence-electron chi connectivity index (χ2n) is 7.93. The minimum atomic E-state index is -0.925. The van der Waals surface area contributed by atoms with Crippen molar-refractivity contribution in [2.24, 2.45) is 0 Å². The van der Waals surface area contributed by atoms with E-state index >= 15 is 0 Å². The number of hydrogen-bond acceptors (Lipinski definition) is 5. The minimum absolute atomic E-state index is 0.273. The van der Waals surface area contributed by atoms with Crippen LogP contribution in [0.3, 0.4) is 0 Å². The first-order chi connectivity index (χ1) is 14.0. The Morgan fingerprint density at radius 3 is 2.17 bits per heavy atom. The van der Waals surface area contributed by atoms with Crippen molar-refractivity contribution >= 4 is 23.7 Å². The smallest absolute Gasteiger partial charge is 0.412 e. The van der Waals surface area contributed by atoms with Gasteiger partial charge in [-0.25, -0.2) is 9.59 Å². The Morgan fingerprint density at radius 1 is 1.00 bits per heavy atom. The Morgan fingerprint density at radius 2 is 1.60 bits per heavy atom.